The summed E-state index contributed by atoms with van der Waals surface area (Å²) < 4.78 is 25.1. The Morgan fingerprint density at radius 3 is 2.15 bits per heavy atom. The first kappa shape index (κ1) is 40.6. The number of ether oxygens (including phenoxy) is 5. The molecule has 0 aliphatic carbocycles. The van der Waals surface area contributed by atoms with Crippen molar-refractivity contribution < 1.29 is 69.3 Å². The van der Waals surface area contributed by atoms with Crippen LogP contribution in [0, 0.1) is 5.92 Å². The van der Waals surface area contributed by atoms with Gasteiger partial charge in [-0.1, -0.05) is 19.1 Å². The Bertz CT molecular complexity index is 1160. The number of rotatable bonds is 7. The second kappa shape index (κ2) is 21.3. The lowest BCUT2D eigenvalue weighted by Gasteiger charge is -2.32. The van der Waals surface area contributed by atoms with Gasteiger partial charge in [0.1, 0.15) is 12.2 Å². The molecule has 0 spiro atoms. The van der Waals surface area contributed by atoms with E-state index in [2.05, 4.69) is 0 Å². The molecule has 2 heterocycles. The number of carbonyl (C=O) groups excluding carboxylic acids is 1. The fourth-order valence-corrected chi connectivity index (χ4v) is 4.13. The van der Waals surface area contributed by atoms with Crippen LogP contribution in [0.2, 0.25) is 0 Å². The first-order valence-electron chi connectivity index (χ1n) is 14.5. The maximum absolute atomic E-state index is 11.8. The van der Waals surface area contributed by atoms with Crippen LogP contribution < -0.4 is 9.47 Å². The van der Waals surface area contributed by atoms with E-state index >= 15 is 0 Å². The molecular formula is C32H48O14. The van der Waals surface area contributed by atoms with E-state index in [4.69, 9.17) is 49.2 Å². The third kappa shape index (κ3) is 13.5. The Balaban J connectivity index is 0.000000371. The number of hydrogen-bond acceptors (Lipinski definition) is 14. The maximum atomic E-state index is 11.8. The molecule has 0 bridgehead atoms. The minimum absolute atomic E-state index is 0.0318. The number of esters is 1. The standard InChI is InChI=1S/C16H20O6.C9H12O3.C6H12O4.CH4O/c1-10-13(18)8-21-9-15(10)22-16(19)6-4-11-3-5-12(17)14(7-11)20-2;1-12-9-3-2-7(4-5-10)6-8(9)11;1-3-4(7)2-5(8)6(9)10-3;1-2/h3-7,10,13,15,17-18H,8-9H2,1-2H3;2-3,6,10-11H,4-5H2,1H3;3-9H,2H2,1H3;2H,1H3/b6-4+;;;/t10?,13-,15+;;3-,4+,5+,6+;/m0.0./s1. The van der Waals surface area contributed by atoms with Gasteiger partial charge in [0.05, 0.1) is 45.7 Å². The van der Waals surface area contributed by atoms with Crippen molar-refractivity contribution in [1.82, 2.24) is 0 Å². The van der Waals surface area contributed by atoms with E-state index < -0.39 is 42.8 Å². The predicted molar refractivity (Wildman–Crippen MR) is 166 cm³/mol. The lowest BCUT2D eigenvalue weighted by Crippen LogP contribution is -2.45. The molecule has 46 heavy (non-hydrogen) atoms. The highest BCUT2D eigenvalue weighted by atomic mass is 16.6. The van der Waals surface area contributed by atoms with E-state index in [-0.39, 0.29) is 43.7 Å². The topological polar surface area (TPSA) is 225 Å². The molecule has 2 aliphatic rings. The van der Waals surface area contributed by atoms with Crippen LogP contribution in [0.1, 0.15) is 31.4 Å². The van der Waals surface area contributed by atoms with Gasteiger partial charge in [0.2, 0.25) is 0 Å². The summed E-state index contributed by atoms with van der Waals surface area (Å²) in [6.45, 7) is 4.11. The van der Waals surface area contributed by atoms with Gasteiger partial charge in [0, 0.05) is 32.1 Å². The second-order valence-electron chi connectivity index (χ2n) is 10.3. The molecule has 7 atom stereocenters. The molecule has 2 aromatic rings. The van der Waals surface area contributed by atoms with Crippen LogP contribution in [-0.4, -0.2) is 125 Å². The molecule has 260 valence electrons. The van der Waals surface area contributed by atoms with E-state index in [0.29, 0.717) is 23.5 Å². The van der Waals surface area contributed by atoms with Crippen molar-refractivity contribution in [3.8, 4) is 23.0 Å². The van der Waals surface area contributed by atoms with E-state index in [1.807, 2.05) is 13.0 Å². The maximum Gasteiger partial charge on any atom is 0.331 e. The van der Waals surface area contributed by atoms with Crippen LogP contribution in [0.15, 0.2) is 42.5 Å². The molecule has 0 saturated carbocycles. The number of hydrogen-bond donors (Lipinski definition) is 8. The van der Waals surface area contributed by atoms with Gasteiger partial charge in [-0.25, -0.2) is 4.79 Å². The van der Waals surface area contributed by atoms with Gasteiger partial charge < -0.3 is 64.5 Å². The Hall–Kier alpha value is -3.47. The molecular weight excluding hydrogens is 608 g/mol. The van der Waals surface area contributed by atoms with Crippen molar-refractivity contribution in [2.75, 3.05) is 41.2 Å². The van der Waals surface area contributed by atoms with E-state index in [1.165, 1.54) is 26.4 Å². The zero-order valence-electron chi connectivity index (χ0n) is 26.7. The van der Waals surface area contributed by atoms with Crippen molar-refractivity contribution in [2.45, 2.75) is 63.5 Å². The molecule has 2 aromatic carbocycles. The predicted octanol–water partition coefficient (Wildman–Crippen LogP) is 0.732. The molecule has 14 nitrogen and oxygen atoms in total. The number of aliphatic hydroxyl groups is 6. The zero-order chi connectivity index (χ0) is 34.8. The van der Waals surface area contributed by atoms with Crippen LogP contribution >= 0.6 is 0 Å². The third-order valence-electron chi connectivity index (χ3n) is 7.00. The van der Waals surface area contributed by atoms with Gasteiger partial charge in [-0.2, -0.15) is 0 Å². The number of benzene rings is 2. The van der Waals surface area contributed by atoms with E-state index in [9.17, 15) is 20.1 Å². The van der Waals surface area contributed by atoms with Crippen molar-refractivity contribution in [3.05, 3.63) is 53.6 Å². The largest absolute Gasteiger partial charge is 0.504 e. The summed E-state index contributed by atoms with van der Waals surface area (Å²) in [5.41, 5.74) is 1.59. The normalized spacial score (nSPS) is 25.4. The van der Waals surface area contributed by atoms with Crippen molar-refractivity contribution in [2.24, 2.45) is 5.92 Å². The lowest BCUT2D eigenvalue weighted by molar-refractivity contribution is -0.240. The Labute approximate surface area is 268 Å². The van der Waals surface area contributed by atoms with E-state index in [1.54, 1.807) is 37.3 Å². The highest BCUT2D eigenvalue weighted by Crippen LogP contribution is 2.27. The monoisotopic (exact) mass is 656 g/mol. The van der Waals surface area contributed by atoms with Gasteiger partial charge in [-0.15, -0.1) is 0 Å². The summed E-state index contributed by atoms with van der Waals surface area (Å²) >= 11 is 0. The Kier molecular flexibility index (Phi) is 18.8. The molecule has 4 rings (SSSR count). The van der Waals surface area contributed by atoms with Gasteiger partial charge in [-0.05, 0) is 54.8 Å². The second-order valence-corrected chi connectivity index (χ2v) is 10.3. The fraction of sp³-hybridized carbons (Fsp3) is 0.531. The van der Waals surface area contributed by atoms with Crippen LogP contribution in [0.3, 0.4) is 0 Å². The van der Waals surface area contributed by atoms with Crippen LogP contribution in [0.4, 0.5) is 0 Å². The molecule has 14 heteroatoms. The van der Waals surface area contributed by atoms with Gasteiger partial charge in [0.15, 0.2) is 29.3 Å². The molecule has 0 radical (unpaired) electrons. The van der Waals surface area contributed by atoms with Gasteiger partial charge in [0.25, 0.3) is 0 Å². The molecule has 2 fully saturated rings. The summed E-state index contributed by atoms with van der Waals surface area (Å²) in [6.07, 6.45) is -0.650. The number of phenolic OH excluding ortho intramolecular Hbond substituents is 2. The summed E-state index contributed by atoms with van der Waals surface area (Å²) in [4.78, 5) is 11.8. The Morgan fingerprint density at radius 1 is 0.891 bits per heavy atom. The van der Waals surface area contributed by atoms with Crippen LogP contribution in [-0.2, 0) is 25.4 Å². The van der Waals surface area contributed by atoms with Crippen molar-refractivity contribution in [1.29, 1.82) is 0 Å². The average Bonchev–Trinajstić information content (AvgIpc) is 3.04. The highest BCUT2D eigenvalue weighted by Gasteiger charge is 2.32. The summed E-state index contributed by atoms with van der Waals surface area (Å²) in [5, 5.41) is 71.0. The fourth-order valence-electron chi connectivity index (χ4n) is 4.13. The smallest absolute Gasteiger partial charge is 0.331 e. The molecule has 1 unspecified atom stereocenters. The first-order chi connectivity index (χ1) is 21.9. The molecule has 2 aliphatic heterocycles. The molecule has 0 amide bonds. The van der Waals surface area contributed by atoms with Crippen molar-refractivity contribution in [3.63, 3.8) is 0 Å². The zero-order valence-corrected chi connectivity index (χ0v) is 26.7. The Morgan fingerprint density at radius 2 is 1.57 bits per heavy atom. The molecule has 2 saturated heterocycles. The highest BCUT2D eigenvalue weighted by molar-refractivity contribution is 5.87. The number of methoxy groups -OCH3 is 2. The molecule has 8 N–H and O–H groups in total. The summed E-state index contributed by atoms with van der Waals surface area (Å²) in [7, 11) is 3.95. The number of aromatic hydroxyl groups is 2. The lowest BCUT2D eigenvalue weighted by atomic mass is 9.97. The van der Waals surface area contributed by atoms with Gasteiger partial charge in [-0.3, -0.25) is 0 Å². The quantitative estimate of drug-likeness (QED) is 0.152. The summed E-state index contributed by atoms with van der Waals surface area (Å²) in [6, 6.07) is 9.83. The third-order valence-corrected chi connectivity index (χ3v) is 7.00. The number of phenols is 2. The van der Waals surface area contributed by atoms with Crippen LogP contribution in [0.25, 0.3) is 6.08 Å². The number of aliphatic hydroxyl groups excluding tert-OH is 6. The first-order valence-corrected chi connectivity index (χ1v) is 14.5. The minimum Gasteiger partial charge on any atom is -0.504 e. The average molecular weight is 657 g/mol. The van der Waals surface area contributed by atoms with E-state index in [0.717, 1.165) is 12.7 Å². The van der Waals surface area contributed by atoms with Crippen molar-refractivity contribution >= 4 is 12.0 Å². The SMILES string of the molecule is CO.COc1cc(/C=C/C(=O)O[C@@H]2COC[C@H](O)C2C)ccc1O.COc1ccc(CCO)cc1O.C[C@@H]1O[C@@H](O)[C@H](O)C[C@H]1O. The van der Waals surface area contributed by atoms with Crippen LogP contribution in [0.5, 0.6) is 23.0 Å². The molecule has 0 aromatic heterocycles. The van der Waals surface area contributed by atoms with Gasteiger partial charge >= 0.3 is 5.97 Å². The summed E-state index contributed by atoms with van der Waals surface area (Å²) in [5.74, 6) is 0.249. The number of carbonyl (C=O) groups is 1. The minimum atomic E-state index is -1.14.